The number of methoxy groups -OCH3 is 1. The lowest BCUT2D eigenvalue weighted by Gasteiger charge is -2.05. The zero-order valence-corrected chi connectivity index (χ0v) is 12.0. The van der Waals surface area contributed by atoms with Crippen LogP contribution in [0.4, 0.5) is 0 Å². The predicted octanol–water partition coefficient (Wildman–Crippen LogP) is 3.66. The van der Waals surface area contributed by atoms with Crippen molar-refractivity contribution in [3.05, 3.63) is 58.6 Å². The smallest absolute Gasteiger partial charge is 0.187 e. The molecule has 2 aromatic carbocycles. The standard InChI is InChI=1S/C16H13ClO4/c1-21-15-5-3-2-4-10(15)6-7-13(19)12-8-11(18)9-14(20)16(12)17/h2-9,18,20H,1H3/b7-6+. The van der Waals surface area contributed by atoms with Gasteiger partial charge in [-0.25, -0.2) is 0 Å². The first kappa shape index (κ1) is 14.9. The van der Waals surface area contributed by atoms with Crippen LogP contribution in [0.1, 0.15) is 15.9 Å². The monoisotopic (exact) mass is 304 g/mol. The number of carbonyl (C=O) groups excluding carboxylic acids is 1. The van der Waals surface area contributed by atoms with Gasteiger partial charge in [0.2, 0.25) is 0 Å². The number of phenolic OH excluding ortho intramolecular Hbond substituents is 2. The van der Waals surface area contributed by atoms with Crippen molar-refractivity contribution < 1.29 is 19.7 Å². The van der Waals surface area contributed by atoms with Gasteiger partial charge in [-0.2, -0.15) is 0 Å². The van der Waals surface area contributed by atoms with Crippen LogP contribution >= 0.6 is 11.6 Å². The molecule has 2 N–H and O–H groups in total. The van der Waals surface area contributed by atoms with Gasteiger partial charge < -0.3 is 14.9 Å². The number of rotatable bonds is 4. The number of ketones is 1. The van der Waals surface area contributed by atoms with E-state index in [1.165, 1.54) is 12.1 Å². The lowest BCUT2D eigenvalue weighted by atomic mass is 10.1. The SMILES string of the molecule is COc1ccccc1/C=C/C(=O)c1cc(O)cc(O)c1Cl. The first-order valence-electron chi connectivity index (χ1n) is 6.10. The van der Waals surface area contributed by atoms with Crippen molar-refractivity contribution in [2.75, 3.05) is 7.11 Å². The van der Waals surface area contributed by atoms with E-state index < -0.39 is 5.78 Å². The summed E-state index contributed by atoms with van der Waals surface area (Å²) in [5.74, 6) is -0.375. The molecule has 4 nitrogen and oxygen atoms in total. The molecule has 0 bridgehead atoms. The summed E-state index contributed by atoms with van der Waals surface area (Å²) in [6.07, 6.45) is 2.89. The number of allylic oxidation sites excluding steroid dienone is 1. The average Bonchev–Trinajstić information content (AvgIpc) is 2.48. The molecule has 0 atom stereocenters. The minimum atomic E-state index is -0.433. The fourth-order valence-corrected chi connectivity index (χ4v) is 2.04. The van der Waals surface area contributed by atoms with Gasteiger partial charge >= 0.3 is 0 Å². The lowest BCUT2D eigenvalue weighted by molar-refractivity contribution is 0.104. The minimum Gasteiger partial charge on any atom is -0.508 e. The molecule has 108 valence electrons. The van der Waals surface area contributed by atoms with Gasteiger partial charge in [-0.3, -0.25) is 4.79 Å². The largest absolute Gasteiger partial charge is 0.508 e. The van der Waals surface area contributed by atoms with Crippen LogP contribution in [0.2, 0.25) is 5.02 Å². The van der Waals surface area contributed by atoms with E-state index in [0.717, 1.165) is 11.6 Å². The van der Waals surface area contributed by atoms with Crippen molar-refractivity contribution >= 4 is 23.5 Å². The van der Waals surface area contributed by atoms with Crippen molar-refractivity contribution in [1.29, 1.82) is 0 Å². The van der Waals surface area contributed by atoms with Gasteiger partial charge in [-0.05, 0) is 24.3 Å². The van der Waals surface area contributed by atoms with Crippen molar-refractivity contribution in [1.82, 2.24) is 0 Å². The van der Waals surface area contributed by atoms with E-state index in [1.807, 2.05) is 12.1 Å². The number of phenols is 2. The van der Waals surface area contributed by atoms with Crippen molar-refractivity contribution in [2.24, 2.45) is 0 Å². The Morgan fingerprint density at radius 1 is 1.24 bits per heavy atom. The van der Waals surface area contributed by atoms with Gasteiger partial charge in [-0.1, -0.05) is 29.8 Å². The Balaban J connectivity index is 2.32. The fourth-order valence-electron chi connectivity index (χ4n) is 1.83. The number of para-hydroxylation sites is 1. The third-order valence-electron chi connectivity index (χ3n) is 2.86. The maximum atomic E-state index is 12.1. The minimum absolute atomic E-state index is 0.0281. The number of ether oxygens (including phenoxy) is 1. The molecule has 0 aliphatic rings. The van der Waals surface area contributed by atoms with Gasteiger partial charge in [0.15, 0.2) is 5.78 Å². The Morgan fingerprint density at radius 3 is 2.67 bits per heavy atom. The fraction of sp³-hybridized carbons (Fsp3) is 0.0625. The molecule has 0 saturated heterocycles. The van der Waals surface area contributed by atoms with E-state index >= 15 is 0 Å². The molecule has 2 aromatic rings. The van der Waals surface area contributed by atoms with Crippen LogP contribution in [0.5, 0.6) is 17.2 Å². The number of aromatic hydroxyl groups is 2. The molecular weight excluding hydrogens is 292 g/mol. The average molecular weight is 305 g/mol. The number of benzene rings is 2. The summed E-state index contributed by atoms with van der Waals surface area (Å²) < 4.78 is 5.18. The summed E-state index contributed by atoms with van der Waals surface area (Å²) >= 11 is 5.86. The molecule has 0 unspecified atom stereocenters. The molecule has 21 heavy (non-hydrogen) atoms. The van der Waals surface area contributed by atoms with E-state index in [0.29, 0.717) is 5.75 Å². The molecular formula is C16H13ClO4. The Kier molecular flexibility index (Phi) is 4.50. The van der Waals surface area contributed by atoms with Crippen LogP contribution in [0, 0.1) is 0 Å². The zero-order valence-electron chi connectivity index (χ0n) is 11.2. The number of carbonyl (C=O) groups is 1. The molecule has 0 radical (unpaired) electrons. The van der Waals surface area contributed by atoms with E-state index in [1.54, 1.807) is 25.3 Å². The highest BCUT2D eigenvalue weighted by Gasteiger charge is 2.13. The molecule has 5 heteroatoms. The first-order chi connectivity index (χ1) is 10.0. The molecule has 0 aliphatic heterocycles. The Labute approximate surface area is 126 Å². The van der Waals surface area contributed by atoms with E-state index in [4.69, 9.17) is 16.3 Å². The molecule has 0 heterocycles. The van der Waals surface area contributed by atoms with Gasteiger partial charge in [-0.15, -0.1) is 0 Å². The quantitative estimate of drug-likeness (QED) is 0.668. The second kappa shape index (κ2) is 6.33. The molecule has 0 amide bonds. The Morgan fingerprint density at radius 2 is 1.95 bits per heavy atom. The topological polar surface area (TPSA) is 66.8 Å². The second-order valence-electron chi connectivity index (χ2n) is 4.27. The maximum absolute atomic E-state index is 12.1. The summed E-state index contributed by atoms with van der Waals surface area (Å²) in [4.78, 5) is 12.1. The Bertz CT molecular complexity index is 707. The van der Waals surface area contributed by atoms with Crippen LogP contribution in [0.25, 0.3) is 6.08 Å². The van der Waals surface area contributed by atoms with Crippen molar-refractivity contribution in [3.63, 3.8) is 0 Å². The third-order valence-corrected chi connectivity index (χ3v) is 3.25. The van der Waals surface area contributed by atoms with Crippen LogP contribution < -0.4 is 4.74 Å². The van der Waals surface area contributed by atoms with Crippen molar-refractivity contribution in [3.8, 4) is 17.2 Å². The molecule has 0 saturated carbocycles. The molecule has 0 aromatic heterocycles. The van der Waals surface area contributed by atoms with E-state index in [2.05, 4.69) is 0 Å². The van der Waals surface area contributed by atoms with Gasteiger partial charge in [0.05, 0.1) is 12.1 Å². The van der Waals surface area contributed by atoms with Gasteiger partial charge in [0, 0.05) is 17.2 Å². The highest BCUT2D eigenvalue weighted by molar-refractivity contribution is 6.36. The summed E-state index contributed by atoms with van der Waals surface area (Å²) in [5, 5.41) is 18.8. The van der Waals surface area contributed by atoms with E-state index in [9.17, 15) is 15.0 Å². The predicted molar refractivity (Wildman–Crippen MR) is 81.1 cm³/mol. The maximum Gasteiger partial charge on any atom is 0.187 e. The Hall–Kier alpha value is -2.46. The van der Waals surface area contributed by atoms with Crippen molar-refractivity contribution in [2.45, 2.75) is 0 Å². The third kappa shape index (κ3) is 3.35. The summed E-state index contributed by atoms with van der Waals surface area (Å²) in [6.45, 7) is 0. The number of halogens is 1. The molecule has 0 spiro atoms. The number of hydrogen-bond acceptors (Lipinski definition) is 4. The van der Waals surface area contributed by atoms with Crippen LogP contribution in [-0.2, 0) is 0 Å². The van der Waals surface area contributed by atoms with Crippen LogP contribution in [0.3, 0.4) is 0 Å². The summed E-state index contributed by atoms with van der Waals surface area (Å²) in [5.41, 5.74) is 0.758. The highest BCUT2D eigenvalue weighted by atomic mass is 35.5. The second-order valence-corrected chi connectivity index (χ2v) is 4.64. The number of hydrogen-bond donors (Lipinski definition) is 2. The highest BCUT2D eigenvalue weighted by Crippen LogP contribution is 2.32. The van der Waals surface area contributed by atoms with Crippen LogP contribution in [-0.4, -0.2) is 23.1 Å². The zero-order chi connectivity index (χ0) is 15.4. The normalized spacial score (nSPS) is 10.8. The molecule has 0 aliphatic carbocycles. The summed E-state index contributed by atoms with van der Waals surface area (Å²) in [6, 6.07) is 9.49. The van der Waals surface area contributed by atoms with E-state index in [-0.39, 0.29) is 22.1 Å². The lowest BCUT2D eigenvalue weighted by Crippen LogP contribution is -1.96. The molecule has 0 fully saturated rings. The van der Waals surface area contributed by atoms with Gasteiger partial charge in [0.1, 0.15) is 17.2 Å². The van der Waals surface area contributed by atoms with Crippen LogP contribution in [0.15, 0.2) is 42.5 Å². The van der Waals surface area contributed by atoms with Gasteiger partial charge in [0.25, 0.3) is 0 Å². The molecule has 2 rings (SSSR count). The first-order valence-corrected chi connectivity index (χ1v) is 6.47. The summed E-state index contributed by atoms with van der Waals surface area (Å²) in [7, 11) is 1.54.